The first kappa shape index (κ1) is 17.0. The molecule has 0 aliphatic heterocycles. The van der Waals surface area contributed by atoms with E-state index in [4.69, 9.17) is 4.74 Å². The monoisotopic (exact) mass is 350 g/mol. The quantitative estimate of drug-likeness (QED) is 0.848. The van der Waals surface area contributed by atoms with Gasteiger partial charge in [-0.25, -0.2) is 9.97 Å². The molecule has 0 aromatic carbocycles. The highest BCUT2D eigenvalue weighted by molar-refractivity contribution is 7.84. The van der Waals surface area contributed by atoms with Crippen LogP contribution in [0.2, 0.25) is 0 Å². The predicted octanol–water partition coefficient (Wildman–Crippen LogP) is 3.42. The van der Waals surface area contributed by atoms with Crippen molar-refractivity contribution >= 4 is 22.1 Å². The lowest BCUT2D eigenvalue weighted by Crippen LogP contribution is -2.09. The maximum Gasteiger partial charge on any atom is 0.420 e. The third-order valence-electron chi connectivity index (χ3n) is 2.80. The molecule has 2 aromatic rings. The number of nitrogens with zero attached hydrogens (tertiary/aromatic N) is 2. The number of halogens is 3. The lowest BCUT2D eigenvalue weighted by molar-refractivity contribution is -0.137. The van der Waals surface area contributed by atoms with Crippen LogP contribution in [0, 0.1) is 6.92 Å². The van der Waals surface area contributed by atoms with Gasteiger partial charge in [-0.2, -0.15) is 13.2 Å². The SMILES string of the molecule is COCc1sc(-c2nc(C)ncc2C(F)(F)F)cc1S(C)=O. The zero-order valence-electron chi connectivity index (χ0n) is 12.0. The molecular formula is C13H13F3N2O2S2. The van der Waals surface area contributed by atoms with Gasteiger partial charge in [0.05, 0.1) is 32.9 Å². The van der Waals surface area contributed by atoms with E-state index in [-0.39, 0.29) is 18.1 Å². The Morgan fingerprint density at radius 2 is 2.09 bits per heavy atom. The summed E-state index contributed by atoms with van der Waals surface area (Å²) >= 11 is 1.10. The topological polar surface area (TPSA) is 52.1 Å². The Bertz CT molecular complexity index is 714. The summed E-state index contributed by atoms with van der Waals surface area (Å²) in [6.45, 7) is 1.71. The van der Waals surface area contributed by atoms with E-state index in [1.54, 1.807) is 0 Å². The minimum atomic E-state index is -4.56. The minimum absolute atomic E-state index is 0.186. The van der Waals surface area contributed by atoms with Gasteiger partial charge in [0.2, 0.25) is 0 Å². The van der Waals surface area contributed by atoms with E-state index >= 15 is 0 Å². The molecule has 0 radical (unpaired) electrons. The lowest BCUT2D eigenvalue weighted by atomic mass is 10.2. The number of aryl methyl sites for hydroxylation is 1. The summed E-state index contributed by atoms with van der Waals surface area (Å²) in [4.78, 5) is 8.94. The molecule has 9 heteroatoms. The Balaban J connectivity index is 2.64. The van der Waals surface area contributed by atoms with Crippen LogP contribution in [0.5, 0.6) is 0 Å². The molecule has 0 aliphatic rings. The van der Waals surface area contributed by atoms with Crippen molar-refractivity contribution in [3.63, 3.8) is 0 Å². The van der Waals surface area contributed by atoms with Crippen molar-refractivity contribution in [2.24, 2.45) is 0 Å². The van der Waals surface area contributed by atoms with E-state index in [1.165, 1.54) is 26.4 Å². The fraction of sp³-hybridized carbons (Fsp3) is 0.385. The molecular weight excluding hydrogens is 337 g/mol. The standard InChI is InChI=1S/C13H13F3N2O2S2/c1-7-17-5-8(13(14,15)16)12(18-7)9-4-11(22(3)19)10(21-9)6-20-2/h4-5H,6H2,1-3H3. The second-order valence-corrected chi connectivity index (χ2v) is 6.95. The summed E-state index contributed by atoms with van der Waals surface area (Å²) in [5, 5.41) is 0. The molecule has 2 aromatic heterocycles. The molecule has 0 saturated carbocycles. The number of ether oxygens (including phenoxy) is 1. The maximum absolute atomic E-state index is 13.1. The molecule has 0 N–H and O–H groups in total. The number of hydrogen-bond acceptors (Lipinski definition) is 5. The molecule has 0 aliphatic carbocycles. The van der Waals surface area contributed by atoms with Gasteiger partial charge in [-0.1, -0.05) is 0 Å². The second kappa shape index (κ2) is 6.43. The van der Waals surface area contributed by atoms with Crippen molar-refractivity contribution in [3.8, 4) is 10.6 Å². The molecule has 4 nitrogen and oxygen atoms in total. The maximum atomic E-state index is 13.1. The van der Waals surface area contributed by atoms with E-state index in [9.17, 15) is 17.4 Å². The van der Waals surface area contributed by atoms with Gasteiger partial charge in [-0.15, -0.1) is 11.3 Å². The summed E-state index contributed by atoms with van der Waals surface area (Å²) in [6, 6.07) is 1.48. The predicted molar refractivity (Wildman–Crippen MR) is 78.1 cm³/mol. The number of methoxy groups -OCH3 is 1. The Morgan fingerprint density at radius 3 is 2.64 bits per heavy atom. The molecule has 2 rings (SSSR count). The number of aromatic nitrogens is 2. The molecule has 0 spiro atoms. The van der Waals surface area contributed by atoms with Gasteiger partial charge in [0.25, 0.3) is 0 Å². The second-order valence-electron chi connectivity index (χ2n) is 4.46. The molecule has 2 heterocycles. The first-order valence-corrected chi connectivity index (χ1v) is 8.47. The van der Waals surface area contributed by atoms with Crippen LogP contribution in [0.1, 0.15) is 16.3 Å². The molecule has 0 amide bonds. The van der Waals surface area contributed by atoms with Gasteiger partial charge in [0.1, 0.15) is 11.4 Å². The average Bonchev–Trinajstić information content (AvgIpc) is 2.81. The third-order valence-corrected chi connectivity index (χ3v) is 5.03. The molecule has 0 bridgehead atoms. The summed E-state index contributed by atoms with van der Waals surface area (Å²) in [5.74, 6) is 0.240. The van der Waals surface area contributed by atoms with Crippen LogP contribution >= 0.6 is 11.3 Å². The fourth-order valence-corrected chi connectivity index (χ4v) is 4.11. The van der Waals surface area contributed by atoms with E-state index in [1.807, 2.05) is 0 Å². The first-order chi connectivity index (χ1) is 10.2. The summed E-state index contributed by atoms with van der Waals surface area (Å²) in [6.07, 6.45) is -2.31. The molecule has 0 fully saturated rings. The van der Waals surface area contributed by atoms with Gasteiger partial charge in [-0.3, -0.25) is 4.21 Å². The normalized spacial score (nSPS) is 13.4. The third kappa shape index (κ3) is 3.53. The van der Waals surface area contributed by atoms with Gasteiger partial charge in [0, 0.05) is 24.4 Å². The van der Waals surface area contributed by atoms with Crippen molar-refractivity contribution in [3.05, 3.63) is 28.5 Å². The van der Waals surface area contributed by atoms with Gasteiger partial charge in [0.15, 0.2) is 0 Å². The average molecular weight is 350 g/mol. The van der Waals surface area contributed by atoms with Crippen LogP contribution in [0.15, 0.2) is 17.2 Å². The molecule has 22 heavy (non-hydrogen) atoms. The van der Waals surface area contributed by atoms with Gasteiger partial charge in [-0.05, 0) is 13.0 Å². The van der Waals surface area contributed by atoms with Crippen LogP contribution < -0.4 is 0 Å². The van der Waals surface area contributed by atoms with Crippen LogP contribution in [-0.2, 0) is 28.3 Å². The van der Waals surface area contributed by atoms with E-state index in [0.29, 0.717) is 14.6 Å². The summed E-state index contributed by atoms with van der Waals surface area (Å²) < 4.78 is 56.1. The smallest absolute Gasteiger partial charge is 0.379 e. The number of hydrogen-bond donors (Lipinski definition) is 0. The molecule has 1 unspecified atom stereocenters. The fourth-order valence-electron chi connectivity index (χ4n) is 1.87. The Kier molecular flexibility index (Phi) is 4.98. The van der Waals surface area contributed by atoms with Gasteiger partial charge >= 0.3 is 6.18 Å². The van der Waals surface area contributed by atoms with Crippen LogP contribution in [-0.4, -0.2) is 27.5 Å². The highest BCUT2D eigenvalue weighted by atomic mass is 32.2. The van der Waals surface area contributed by atoms with E-state index < -0.39 is 22.5 Å². The van der Waals surface area contributed by atoms with Gasteiger partial charge < -0.3 is 4.74 Å². The number of rotatable bonds is 4. The highest BCUT2D eigenvalue weighted by Crippen LogP contribution is 2.40. The number of thiophene rings is 1. The van der Waals surface area contributed by atoms with E-state index in [0.717, 1.165) is 17.5 Å². The Labute approximate surface area is 131 Å². The van der Waals surface area contributed by atoms with Crippen molar-refractivity contribution in [2.75, 3.05) is 13.4 Å². The zero-order chi connectivity index (χ0) is 16.5. The van der Waals surface area contributed by atoms with Crippen molar-refractivity contribution in [1.29, 1.82) is 0 Å². The summed E-state index contributed by atoms with van der Waals surface area (Å²) in [7, 11) is 0.148. The van der Waals surface area contributed by atoms with Crippen LogP contribution in [0.4, 0.5) is 13.2 Å². The summed E-state index contributed by atoms with van der Waals surface area (Å²) in [5.41, 5.74) is -1.10. The van der Waals surface area contributed by atoms with Crippen LogP contribution in [0.3, 0.4) is 0 Å². The zero-order valence-corrected chi connectivity index (χ0v) is 13.7. The van der Waals surface area contributed by atoms with Crippen molar-refractivity contribution < 1.29 is 22.1 Å². The molecule has 120 valence electrons. The largest absolute Gasteiger partial charge is 0.420 e. The van der Waals surface area contributed by atoms with Crippen LogP contribution in [0.25, 0.3) is 10.6 Å². The minimum Gasteiger partial charge on any atom is -0.379 e. The Morgan fingerprint density at radius 1 is 1.41 bits per heavy atom. The molecule has 1 atom stereocenters. The first-order valence-electron chi connectivity index (χ1n) is 6.10. The molecule has 0 saturated heterocycles. The highest BCUT2D eigenvalue weighted by Gasteiger charge is 2.36. The Hall–Kier alpha value is -1.32. The lowest BCUT2D eigenvalue weighted by Gasteiger charge is -2.10. The van der Waals surface area contributed by atoms with Crippen molar-refractivity contribution in [1.82, 2.24) is 9.97 Å². The van der Waals surface area contributed by atoms with E-state index in [2.05, 4.69) is 9.97 Å². The number of alkyl halides is 3. The van der Waals surface area contributed by atoms with Crippen molar-refractivity contribution in [2.45, 2.75) is 24.6 Å².